The SMILES string of the molecule is CC1(C)OB(c2cnn(C3CCC(F)(F)CC3)c2)OC1(C)C. The van der Waals surface area contributed by atoms with Crippen molar-refractivity contribution < 1.29 is 18.1 Å². The second-order valence-corrected chi connectivity index (χ2v) is 7.43. The van der Waals surface area contributed by atoms with E-state index in [-0.39, 0.29) is 18.9 Å². The van der Waals surface area contributed by atoms with Gasteiger partial charge in [-0.1, -0.05) is 0 Å². The number of halogens is 2. The molecule has 2 aliphatic rings. The molecule has 2 heterocycles. The Bertz CT molecular complexity index is 533. The van der Waals surface area contributed by atoms with Crippen LogP contribution in [0.5, 0.6) is 0 Å². The molecular weight excluding hydrogens is 289 g/mol. The summed E-state index contributed by atoms with van der Waals surface area (Å²) in [7, 11) is -0.455. The second-order valence-electron chi connectivity index (χ2n) is 7.43. The van der Waals surface area contributed by atoms with Gasteiger partial charge in [-0.05, 0) is 40.5 Å². The van der Waals surface area contributed by atoms with Crippen LogP contribution < -0.4 is 5.46 Å². The fourth-order valence-corrected chi connectivity index (χ4v) is 2.94. The topological polar surface area (TPSA) is 36.3 Å². The van der Waals surface area contributed by atoms with Crippen LogP contribution in [0.3, 0.4) is 0 Å². The lowest BCUT2D eigenvalue weighted by atomic mass is 9.82. The Kier molecular flexibility index (Phi) is 3.64. The third-order valence-electron chi connectivity index (χ3n) is 5.21. The lowest BCUT2D eigenvalue weighted by Gasteiger charge is -2.32. The minimum Gasteiger partial charge on any atom is -0.399 e. The zero-order valence-corrected chi connectivity index (χ0v) is 13.6. The molecule has 1 saturated carbocycles. The van der Waals surface area contributed by atoms with Crippen LogP contribution >= 0.6 is 0 Å². The zero-order chi connectivity index (χ0) is 16.2. The Balaban J connectivity index is 1.70. The summed E-state index contributed by atoms with van der Waals surface area (Å²) in [6.07, 6.45) is 4.37. The number of hydrogen-bond acceptors (Lipinski definition) is 3. The molecule has 0 unspecified atom stereocenters. The molecule has 0 amide bonds. The van der Waals surface area contributed by atoms with Gasteiger partial charge in [0.05, 0.1) is 17.2 Å². The lowest BCUT2D eigenvalue weighted by Crippen LogP contribution is -2.41. The third-order valence-corrected chi connectivity index (χ3v) is 5.21. The van der Waals surface area contributed by atoms with E-state index >= 15 is 0 Å². The van der Waals surface area contributed by atoms with Crippen LogP contribution in [0.25, 0.3) is 0 Å². The van der Waals surface area contributed by atoms with E-state index in [2.05, 4.69) is 5.10 Å². The first-order valence-corrected chi connectivity index (χ1v) is 7.87. The number of rotatable bonds is 2. The fourth-order valence-electron chi connectivity index (χ4n) is 2.94. The van der Waals surface area contributed by atoms with Crippen molar-refractivity contribution in [3.63, 3.8) is 0 Å². The Morgan fingerprint density at radius 2 is 1.68 bits per heavy atom. The van der Waals surface area contributed by atoms with Crippen molar-refractivity contribution in [2.24, 2.45) is 0 Å². The van der Waals surface area contributed by atoms with Crippen LogP contribution in [-0.2, 0) is 9.31 Å². The molecule has 0 radical (unpaired) electrons. The maximum Gasteiger partial charge on any atom is 0.498 e. The van der Waals surface area contributed by atoms with Gasteiger partial charge in [0, 0.05) is 30.7 Å². The molecule has 0 bridgehead atoms. The molecule has 0 N–H and O–H groups in total. The molecule has 0 aromatic carbocycles. The van der Waals surface area contributed by atoms with Gasteiger partial charge in [0.2, 0.25) is 5.92 Å². The van der Waals surface area contributed by atoms with Gasteiger partial charge in [-0.2, -0.15) is 5.10 Å². The van der Waals surface area contributed by atoms with E-state index in [1.807, 2.05) is 33.9 Å². The quantitative estimate of drug-likeness (QED) is 0.788. The van der Waals surface area contributed by atoms with E-state index in [9.17, 15) is 8.78 Å². The molecule has 1 aliphatic heterocycles. The maximum absolute atomic E-state index is 13.2. The highest BCUT2D eigenvalue weighted by molar-refractivity contribution is 6.61. The Morgan fingerprint density at radius 3 is 2.23 bits per heavy atom. The summed E-state index contributed by atoms with van der Waals surface area (Å²) in [5, 5.41) is 4.34. The smallest absolute Gasteiger partial charge is 0.399 e. The molecule has 7 heteroatoms. The van der Waals surface area contributed by atoms with E-state index in [1.54, 1.807) is 10.9 Å². The molecule has 2 fully saturated rings. The van der Waals surface area contributed by atoms with Gasteiger partial charge in [-0.25, -0.2) is 8.78 Å². The van der Waals surface area contributed by atoms with Crippen molar-refractivity contribution in [3.8, 4) is 0 Å². The summed E-state index contributed by atoms with van der Waals surface area (Å²) in [4.78, 5) is 0. The molecule has 122 valence electrons. The standard InChI is InChI=1S/C15H23BF2N2O2/c1-13(2)14(3,4)22-16(21-13)11-9-19-20(10-11)12-5-7-15(17,18)8-6-12/h9-10,12H,5-8H2,1-4H3. The molecule has 1 aromatic heterocycles. The summed E-state index contributed by atoms with van der Waals surface area (Å²) >= 11 is 0. The molecule has 22 heavy (non-hydrogen) atoms. The summed E-state index contributed by atoms with van der Waals surface area (Å²) in [6, 6.07) is 0.0378. The zero-order valence-electron chi connectivity index (χ0n) is 13.6. The third kappa shape index (κ3) is 2.81. The Hall–Kier alpha value is -0.945. The summed E-state index contributed by atoms with van der Waals surface area (Å²) in [5.41, 5.74) is 0.0512. The van der Waals surface area contributed by atoms with E-state index in [0.717, 1.165) is 5.46 Å². The van der Waals surface area contributed by atoms with Crippen molar-refractivity contribution in [1.29, 1.82) is 0 Å². The highest BCUT2D eigenvalue weighted by atomic mass is 19.3. The van der Waals surface area contributed by atoms with Gasteiger partial charge in [-0.3, -0.25) is 4.68 Å². The van der Waals surface area contributed by atoms with Crippen molar-refractivity contribution in [1.82, 2.24) is 9.78 Å². The van der Waals surface area contributed by atoms with E-state index < -0.39 is 24.2 Å². The van der Waals surface area contributed by atoms with Crippen LogP contribution in [0.4, 0.5) is 8.78 Å². The first-order chi connectivity index (χ1) is 10.1. The van der Waals surface area contributed by atoms with Gasteiger partial charge >= 0.3 is 7.12 Å². The summed E-state index contributed by atoms with van der Waals surface area (Å²) in [6.45, 7) is 8.00. The van der Waals surface area contributed by atoms with Gasteiger partial charge in [0.1, 0.15) is 0 Å². The first-order valence-electron chi connectivity index (χ1n) is 7.87. The molecule has 3 rings (SSSR count). The van der Waals surface area contributed by atoms with Crippen molar-refractivity contribution in [2.75, 3.05) is 0 Å². The lowest BCUT2D eigenvalue weighted by molar-refractivity contribution is -0.0449. The molecular formula is C15H23BF2N2O2. The predicted octanol–water partition coefficient (Wildman–Crippen LogP) is 2.93. The van der Waals surface area contributed by atoms with Crippen LogP contribution in [0, 0.1) is 0 Å². The fraction of sp³-hybridized carbons (Fsp3) is 0.800. The Labute approximate surface area is 130 Å². The van der Waals surface area contributed by atoms with Crippen molar-refractivity contribution >= 4 is 12.6 Å². The van der Waals surface area contributed by atoms with Gasteiger partial charge in [0.15, 0.2) is 0 Å². The highest BCUT2D eigenvalue weighted by Crippen LogP contribution is 2.39. The van der Waals surface area contributed by atoms with Gasteiger partial charge in [-0.15, -0.1) is 0 Å². The normalized spacial score (nSPS) is 27.3. The highest BCUT2D eigenvalue weighted by Gasteiger charge is 2.52. The molecule has 1 aromatic rings. The minimum atomic E-state index is -2.52. The van der Waals surface area contributed by atoms with Gasteiger partial charge in [0.25, 0.3) is 0 Å². The number of nitrogens with zero attached hydrogens (tertiary/aromatic N) is 2. The van der Waals surface area contributed by atoms with Crippen molar-refractivity contribution in [3.05, 3.63) is 12.4 Å². The predicted molar refractivity (Wildman–Crippen MR) is 80.4 cm³/mol. The van der Waals surface area contributed by atoms with Gasteiger partial charge < -0.3 is 9.31 Å². The number of alkyl halides is 2. The Morgan fingerprint density at radius 1 is 1.14 bits per heavy atom. The summed E-state index contributed by atoms with van der Waals surface area (Å²) < 4.78 is 40.3. The average molecular weight is 312 g/mol. The molecule has 1 aliphatic carbocycles. The second kappa shape index (κ2) is 5.03. The first kappa shape index (κ1) is 15.9. The average Bonchev–Trinajstić information content (AvgIpc) is 2.93. The van der Waals surface area contributed by atoms with E-state index in [1.165, 1.54) is 0 Å². The van der Waals surface area contributed by atoms with Crippen molar-refractivity contribution in [2.45, 2.75) is 76.5 Å². The number of hydrogen-bond donors (Lipinski definition) is 0. The largest absolute Gasteiger partial charge is 0.498 e. The van der Waals surface area contributed by atoms with Crippen LogP contribution in [-0.4, -0.2) is 34.0 Å². The van der Waals surface area contributed by atoms with Crippen LogP contribution in [0.1, 0.15) is 59.4 Å². The monoisotopic (exact) mass is 312 g/mol. The number of aromatic nitrogens is 2. The van der Waals surface area contributed by atoms with E-state index in [4.69, 9.17) is 9.31 Å². The molecule has 4 nitrogen and oxygen atoms in total. The molecule has 0 spiro atoms. The molecule has 0 atom stereocenters. The minimum absolute atomic E-state index is 0.0378. The maximum atomic E-state index is 13.2. The van der Waals surface area contributed by atoms with E-state index in [0.29, 0.717) is 12.8 Å². The van der Waals surface area contributed by atoms with Crippen LogP contribution in [0.15, 0.2) is 12.4 Å². The molecule has 1 saturated heterocycles. The van der Waals surface area contributed by atoms with Crippen LogP contribution in [0.2, 0.25) is 0 Å². The summed E-state index contributed by atoms with van der Waals surface area (Å²) in [5.74, 6) is -2.52.